The van der Waals surface area contributed by atoms with E-state index in [0.29, 0.717) is 29.3 Å². The summed E-state index contributed by atoms with van der Waals surface area (Å²) in [5.74, 6) is -0.0203. The summed E-state index contributed by atoms with van der Waals surface area (Å²) in [6, 6.07) is 0. The summed E-state index contributed by atoms with van der Waals surface area (Å²) < 4.78 is 18.5. The second-order valence-corrected chi connectivity index (χ2v) is 5.23. The SMILES string of the molecule is C=C(NC(=C(N)C1C=CC(F)=CC1)C(=C/C=N)/N=C(\C)N)O/C=C\C. The van der Waals surface area contributed by atoms with Gasteiger partial charge in [0.15, 0.2) is 5.88 Å². The summed E-state index contributed by atoms with van der Waals surface area (Å²) in [5, 5.41) is 10.3. The van der Waals surface area contributed by atoms with Crippen LogP contribution in [0.1, 0.15) is 20.3 Å². The molecule has 7 heteroatoms. The second kappa shape index (κ2) is 9.92. The monoisotopic (exact) mass is 345 g/mol. The summed E-state index contributed by atoms with van der Waals surface area (Å²) >= 11 is 0. The molecule has 0 amide bonds. The molecule has 0 aromatic rings. The second-order valence-electron chi connectivity index (χ2n) is 5.23. The fourth-order valence-electron chi connectivity index (χ4n) is 2.06. The number of allylic oxidation sites excluding steroid dienone is 6. The molecule has 0 fully saturated rings. The van der Waals surface area contributed by atoms with Crippen LogP contribution in [0.5, 0.6) is 0 Å². The number of ether oxygens (including phenoxy) is 1. The van der Waals surface area contributed by atoms with Gasteiger partial charge in [0.2, 0.25) is 0 Å². The number of nitrogens with two attached hydrogens (primary N) is 2. The molecule has 0 aliphatic heterocycles. The summed E-state index contributed by atoms with van der Waals surface area (Å²) in [5.41, 5.74) is 13.1. The van der Waals surface area contributed by atoms with Gasteiger partial charge in [-0.3, -0.25) is 0 Å². The quantitative estimate of drug-likeness (QED) is 0.234. The van der Waals surface area contributed by atoms with Crippen LogP contribution in [0.3, 0.4) is 0 Å². The highest BCUT2D eigenvalue weighted by molar-refractivity contribution is 5.80. The van der Waals surface area contributed by atoms with Crippen molar-refractivity contribution >= 4 is 12.1 Å². The van der Waals surface area contributed by atoms with Gasteiger partial charge in [0, 0.05) is 17.8 Å². The van der Waals surface area contributed by atoms with E-state index in [1.54, 1.807) is 26.0 Å². The van der Waals surface area contributed by atoms with Crippen LogP contribution in [0, 0.1) is 11.3 Å². The standard InChI is InChI=1S/C18H24FN5O/c1-4-11-25-13(3)24-18(16(9-10-20)23-12(2)21)17(22)14-5-7-15(19)8-6-14/h4-5,7-11,14,20,24H,3,6,22H2,1-2H3,(H2,21,23)/b11-4-,16-9-,18-17?,20-10?. The van der Waals surface area contributed by atoms with Gasteiger partial charge in [-0.1, -0.05) is 12.2 Å². The number of halogens is 1. The highest BCUT2D eigenvalue weighted by Crippen LogP contribution is 2.25. The van der Waals surface area contributed by atoms with Gasteiger partial charge in [0.25, 0.3) is 0 Å². The Bertz CT molecular complexity index is 694. The van der Waals surface area contributed by atoms with E-state index in [0.717, 1.165) is 6.21 Å². The molecule has 0 saturated carbocycles. The molecule has 0 bridgehead atoms. The third-order valence-corrected chi connectivity index (χ3v) is 3.15. The summed E-state index contributed by atoms with van der Waals surface area (Å²) in [6.45, 7) is 7.19. The Morgan fingerprint density at radius 2 is 2.24 bits per heavy atom. The molecule has 0 spiro atoms. The first-order valence-corrected chi connectivity index (χ1v) is 7.68. The first-order valence-electron chi connectivity index (χ1n) is 7.68. The maximum atomic E-state index is 13.2. The van der Waals surface area contributed by atoms with Crippen molar-refractivity contribution in [3.63, 3.8) is 0 Å². The van der Waals surface area contributed by atoms with Crippen molar-refractivity contribution in [2.45, 2.75) is 20.3 Å². The van der Waals surface area contributed by atoms with Crippen LogP contribution in [0.4, 0.5) is 4.39 Å². The molecule has 0 aromatic carbocycles. The fourth-order valence-corrected chi connectivity index (χ4v) is 2.06. The molecular formula is C18H24FN5O. The average molecular weight is 345 g/mol. The normalized spacial score (nSPS) is 19.3. The highest BCUT2D eigenvalue weighted by atomic mass is 19.1. The zero-order valence-electron chi connectivity index (χ0n) is 14.4. The molecule has 1 rings (SSSR count). The van der Waals surface area contributed by atoms with Gasteiger partial charge < -0.3 is 26.9 Å². The molecule has 0 heterocycles. The third kappa shape index (κ3) is 6.50. The molecule has 0 saturated heterocycles. The maximum Gasteiger partial charge on any atom is 0.189 e. The Kier molecular flexibility index (Phi) is 7.92. The van der Waals surface area contributed by atoms with E-state index in [-0.39, 0.29) is 17.6 Å². The number of amidine groups is 1. The number of hydrogen-bond acceptors (Lipinski definition) is 5. The van der Waals surface area contributed by atoms with Gasteiger partial charge >= 0.3 is 0 Å². The molecule has 0 aromatic heterocycles. The predicted molar refractivity (Wildman–Crippen MR) is 100.0 cm³/mol. The molecule has 6 nitrogen and oxygen atoms in total. The number of rotatable bonds is 8. The van der Waals surface area contributed by atoms with Crippen LogP contribution >= 0.6 is 0 Å². The molecule has 1 aliphatic carbocycles. The zero-order valence-corrected chi connectivity index (χ0v) is 14.4. The van der Waals surface area contributed by atoms with Gasteiger partial charge in [-0.05, 0) is 45.1 Å². The minimum Gasteiger partial charge on any atom is -0.450 e. The van der Waals surface area contributed by atoms with E-state index in [4.69, 9.17) is 21.6 Å². The lowest BCUT2D eigenvalue weighted by atomic mass is 9.95. The Labute approximate surface area is 147 Å². The van der Waals surface area contributed by atoms with Crippen molar-refractivity contribution in [1.29, 1.82) is 5.41 Å². The molecule has 0 radical (unpaired) electrons. The van der Waals surface area contributed by atoms with Crippen molar-refractivity contribution in [3.05, 3.63) is 72.0 Å². The maximum absolute atomic E-state index is 13.2. The van der Waals surface area contributed by atoms with E-state index in [2.05, 4.69) is 16.9 Å². The van der Waals surface area contributed by atoms with Crippen LogP contribution < -0.4 is 16.8 Å². The smallest absolute Gasteiger partial charge is 0.189 e. The van der Waals surface area contributed by atoms with E-state index in [1.165, 1.54) is 24.5 Å². The van der Waals surface area contributed by atoms with Gasteiger partial charge in [-0.25, -0.2) is 9.38 Å². The van der Waals surface area contributed by atoms with Crippen LogP contribution in [-0.2, 0) is 4.74 Å². The molecule has 1 aliphatic rings. The molecule has 1 unspecified atom stereocenters. The van der Waals surface area contributed by atoms with Crippen LogP contribution in [0.25, 0.3) is 0 Å². The molecule has 134 valence electrons. The molecular weight excluding hydrogens is 321 g/mol. The molecule has 25 heavy (non-hydrogen) atoms. The van der Waals surface area contributed by atoms with E-state index >= 15 is 0 Å². The zero-order chi connectivity index (χ0) is 18.8. The highest BCUT2D eigenvalue weighted by Gasteiger charge is 2.19. The Morgan fingerprint density at radius 1 is 1.52 bits per heavy atom. The fraction of sp³-hybridized carbons (Fsp3) is 0.222. The van der Waals surface area contributed by atoms with E-state index in [1.807, 2.05) is 0 Å². The largest absolute Gasteiger partial charge is 0.450 e. The lowest BCUT2D eigenvalue weighted by Gasteiger charge is -2.21. The summed E-state index contributed by atoms with van der Waals surface area (Å²) in [6.07, 6.45) is 10.6. The topological polar surface area (TPSA) is 110 Å². The summed E-state index contributed by atoms with van der Waals surface area (Å²) in [7, 11) is 0. The van der Waals surface area contributed by atoms with Crippen molar-refractivity contribution in [2.75, 3.05) is 0 Å². The minimum absolute atomic E-state index is 0.221. The minimum atomic E-state index is -0.300. The first-order chi connectivity index (χ1) is 11.9. The van der Waals surface area contributed by atoms with Crippen LogP contribution in [0.2, 0.25) is 0 Å². The van der Waals surface area contributed by atoms with Crippen molar-refractivity contribution < 1.29 is 9.13 Å². The van der Waals surface area contributed by atoms with Gasteiger partial charge in [0.1, 0.15) is 5.83 Å². The van der Waals surface area contributed by atoms with E-state index < -0.39 is 0 Å². The van der Waals surface area contributed by atoms with Gasteiger partial charge in [-0.15, -0.1) is 0 Å². The van der Waals surface area contributed by atoms with E-state index in [9.17, 15) is 4.39 Å². The van der Waals surface area contributed by atoms with Crippen molar-refractivity contribution in [3.8, 4) is 0 Å². The van der Waals surface area contributed by atoms with Crippen molar-refractivity contribution in [1.82, 2.24) is 5.32 Å². The number of nitrogens with one attached hydrogen (secondary N) is 2. The van der Waals surface area contributed by atoms with Crippen LogP contribution in [-0.4, -0.2) is 12.1 Å². The molecule has 6 N–H and O–H groups in total. The number of nitrogens with zero attached hydrogens (tertiary/aromatic N) is 1. The van der Waals surface area contributed by atoms with Crippen molar-refractivity contribution in [2.24, 2.45) is 22.4 Å². The number of hydrogen-bond donors (Lipinski definition) is 4. The first kappa shape index (κ1) is 20.0. The lowest BCUT2D eigenvalue weighted by molar-refractivity contribution is 0.326. The Hall–Kier alpha value is -3.09. The van der Waals surface area contributed by atoms with Gasteiger partial charge in [0.05, 0.1) is 23.5 Å². The number of aliphatic imine (C=N–C) groups is 1. The summed E-state index contributed by atoms with van der Waals surface area (Å²) in [4.78, 5) is 4.21. The average Bonchev–Trinajstić information content (AvgIpc) is 2.57. The van der Waals surface area contributed by atoms with Crippen LogP contribution in [0.15, 0.2) is 77.0 Å². The lowest BCUT2D eigenvalue weighted by Crippen LogP contribution is -2.24. The molecule has 1 atom stereocenters. The predicted octanol–water partition coefficient (Wildman–Crippen LogP) is 3.11. The van der Waals surface area contributed by atoms with Gasteiger partial charge in [-0.2, -0.15) is 0 Å². The Balaban J connectivity index is 3.30. The third-order valence-electron chi connectivity index (χ3n) is 3.15. The Morgan fingerprint density at radius 3 is 2.76 bits per heavy atom.